The Hall–Kier alpha value is -3.45. The second-order valence-corrected chi connectivity index (χ2v) is 6.69. The second-order valence-electron chi connectivity index (χ2n) is 6.29. The van der Waals surface area contributed by atoms with E-state index in [4.69, 9.17) is 16.6 Å². The highest BCUT2D eigenvalue weighted by atomic mass is 35.5. The molecule has 4 heterocycles. The van der Waals surface area contributed by atoms with E-state index in [2.05, 4.69) is 36.3 Å². The maximum atomic E-state index is 6.36. The molecule has 0 bridgehead atoms. The number of benzene rings is 1. The van der Waals surface area contributed by atoms with Crippen LogP contribution in [0.15, 0.2) is 54.2 Å². The van der Waals surface area contributed by atoms with Gasteiger partial charge in [-0.05, 0) is 17.7 Å². The van der Waals surface area contributed by atoms with E-state index >= 15 is 0 Å². The maximum absolute atomic E-state index is 6.36. The number of hydrogen-bond acceptors (Lipinski definition) is 7. The fourth-order valence-electron chi connectivity index (χ4n) is 3.22. The summed E-state index contributed by atoms with van der Waals surface area (Å²) in [7, 11) is 0. The third-order valence-corrected chi connectivity index (χ3v) is 4.84. The molecule has 0 radical (unpaired) electrons. The van der Waals surface area contributed by atoms with Gasteiger partial charge in [0.15, 0.2) is 5.82 Å². The van der Waals surface area contributed by atoms with Crippen molar-refractivity contribution in [1.29, 1.82) is 0 Å². The zero-order valence-electron chi connectivity index (χ0n) is 14.7. The van der Waals surface area contributed by atoms with Crippen LogP contribution in [0.1, 0.15) is 11.3 Å². The maximum Gasteiger partial charge on any atom is 0.155 e. The molecule has 0 saturated carbocycles. The molecule has 8 heteroatoms. The third-order valence-electron chi connectivity index (χ3n) is 4.53. The summed E-state index contributed by atoms with van der Waals surface area (Å²) in [6.45, 7) is 0.500. The first kappa shape index (κ1) is 16.7. The fraction of sp³-hybridized carbons (Fsp3) is 0.100. The molecule has 0 atom stereocenters. The predicted molar refractivity (Wildman–Crippen MR) is 109 cm³/mol. The minimum Gasteiger partial charge on any atom is -0.364 e. The minimum absolute atomic E-state index is 0.500. The Kier molecular flexibility index (Phi) is 4.14. The number of aromatic nitrogens is 5. The van der Waals surface area contributed by atoms with Crippen LogP contribution in [-0.4, -0.2) is 31.1 Å². The van der Waals surface area contributed by atoms with Gasteiger partial charge in [-0.1, -0.05) is 23.7 Å². The molecule has 0 amide bonds. The molecule has 0 saturated heterocycles. The predicted octanol–water partition coefficient (Wildman–Crippen LogP) is 4.01. The Morgan fingerprint density at radius 2 is 2.07 bits per heavy atom. The van der Waals surface area contributed by atoms with Crippen LogP contribution in [0.2, 0.25) is 5.02 Å². The van der Waals surface area contributed by atoms with Gasteiger partial charge in [0, 0.05) is 37.0 Å². The van der Waals surface area contributed by atoms with Crippen LogP contribution in [0, 0.1) is 0 Å². The molecule has 0 spiro atoms. The Bertz CT molecular complexity index is 1210. The highest BCUT2D eigenvalue weighted by Crippen LogP contribution is 2.31. The van der Waals surface area contributed by atoms with Crippen molar-refractivity contribution in [3.8, 4) is 11.4 Å². The van der Waals surface area contributed by atoms with E-state index < -0.39 is 0 Å². The van der Waals surface area contributed by atoms with Gasteiger partial charge in [-0.3, -0.25) is 15.0 Å². The molecule has 1 N–H and O–H groups in total. The topological polar surface area (TPSA) is 88.8 Å². The van der Waals surface area contributed by atoms with Gasteiger partial charge in [0.1, 0.15) is 17.7 Å². The molecule has 28 heavy (non-hydrogen) atoms. The molecular weight excluding hydrogens is 374 g/mol. The number of rotatable bonds is 4. The first-order valence-corrected chi connectivity index (χ1v) is 9.12. The number of para-hydroxylation sites is 1. The van der Waals surface area contributed by atoms with Gasteiger partial charge < -0.3 is 5.32 Å². The summed E-state index contributed by atoms with van der Waals surface area (Å²) in [5.41, 5.74) is 4.84. The number of anilines is 1. The van der Waals surface area contributed by atoms with Crippen molar-refractivity contribution in [2.75, 3.05) is 5.32 Å². The number of nitrogens with zero attached hydrogens (tertiary/aromatic N) is 6. The zero-order valence-corrected chi connectivity index (χ0v) is 15.4. The molecule has 7 nitrogen and oxygen atoms in total. The van der Waals surface area contributed by atoms with E-state index in [0.29, 0.717) is 23.1 Å². The molecule has 0 fully saturated rings. The number of hydrogen-bond donors (Lipinski definition) is 1. The Balaban J connectivity index is 1.58. The molecular formula is C20H14ClN7. The van der Waals surface area contributed by atoms with Crippen molar-refractivity contribution in [1.82, 2.24) is 24.9 Å². The molecule has 4 aromatic rings. The van der Waals surface area contributed by atoms with Crippen molar-refractivity contribution in [2.24, 2.45) is 4.99 Å². The van der Waals surface area contributed by atoms with Crippen LogP contribution >= 0.6 is 11.6 Å². The normalized spacial score (nSPS) is 12.3. The molecule has 1 aromatic carbocycles. The van der Waals surface area contributed by atoms with E-state index in [1.165, 1.54) is 0 Å². The molecule has 136 valence electrons. The van der Waals surface area contributed by atoms with E-state index in [-0.39, 0.29) is 0 Å². The van der Waals surface area contributed by atoms with Crippen molar-refractivity contribution in [3.05, 3.63) is 65.5 Å². The highest BCUT2D eigenvalue weighted by Gasteiger charge is 2.16. The van der Waals surface area contributed by atoms with Gasteiger partial charge in [0.25, 0.3) is 0 Å². The number of nitrogens with one attached hydrogen (secondary N) is 1. The van der Waals surface area contributed by atoms with Crippen molar-refractivity contribution in [2.45, 2.75) is 13.0 Å². The summed E-state index contributed by atoms with van der Waals surface area (Å²) in [6, 6.07) is 7.80. The zero-order chi connectivity index (χ0) is 18.9. The van der Waals surface area contributed by atoms with E-state index in [0.717, 1.165) is 40.0 Å². The standard InChI is InChI=1S/C20H14ClN7/c21-14-3-1-2-12-8-13(18(28-17(12)14)16-10-22-6-7-23-16)9-25-20-19-15(4-5-24-19)26-11-27-20/h1-3,5-8,10-11H,4,9H2,(H,25,26,27). The smallest absolute Gasteiger partial charge is 0.155 e. The lowest BCUT2D eigenvalue weighted by molar-refractivity contribution is 1.04. The molecule has 0 unspecified atom stereocenters. The van der Waals surface area contributed by atoms with Crippen LogP contribution in [-0.2, 0) is 13.0 Å². The highest BCUT2D eigenvalue weighted by molar-refractivity contribution is 6.35. The molecule has 0 aliphatic carbocycles. The molecule has 1 aliphatic heterocycles. The van der Waals surface area contributed by atoms with Gasteiger partial charge >= 0.3 is 0 Å². The monoisotopic (exact) mass is 387 g/mol. The average molecular weight is 388 g/mol. The lowest BCUT2D eigenvalue weighted by atomic mass is 10.1. The Morgan fingerprint density at radius 1 is 1.11 bits per heavy atom. The summed E-state index contributed by atoms with van der Waals surface area (Å²) in [5.74, 6) is 0.704. The first-order valence-electron chi connectivity index (χ1n) is 8.74. The van der Waals surface area contributed by atoms with E-state index in [9.17, 15) is 0 Å². The van der Waals surface area contributed by atoms with Crippen LogP contribution in [0.25, 0.3) is 22.3 Å². The fourth-order valence-corrected chi connectivity index (χ4v) is 3.44. The molecule has 1 aliphatic rings. The van der Waals surface area contributed by atoms with Gasteiger partial charge in [0.2, 0.25) is 0 Å². The lowest BCUT2D eigenvalue weighted by Gasteiger charge is -2.13. The van der Waals surface area contributed by atoms with Gasteiger partial charge in [0.05, 0.1) is 28.1 Å². The van der Waals surface area contributed by atoms with Gasteiger partial charge in [-0.2, -0.15) is 0 Å². The van der Waals surface area contributed by atoms with Crippen molar-refractivity contribution < 1.29 is 0 Å². The summed E-state index contributed by atoms with van der Waals surface area (Å²) < 4.78 is 0. The van der Waals surface area contributed by atoms with Crippen LogP contribution in [0.3, 0.4) is 0 Å². The van der Waals surface area contributed by atoms with Crippen LogP contribution < -0.4 is 5.32 Å². The number of aliphatic imine (C=N–C) groups is 1. The Morgan fingerprint density at radius 3 is 2.96 bits per heavy atom. The summed E-state index contributed by atoms with van der Waals surface area (Å²) in [5, 5.41) is 4.93. The van der Waals surface area contributed by atoms with Crippen molar-refractivity contribution in [3.63, 3.8) is 0 Å². The van der Waals surface area contributed by atoms with Gasteiger partial charge in [-0.25, -0.2) is 15.0 Å². The van der Waals surface area contributed by atoms with Crippen molar-refractivity contribution >= 4 is 40.2 Å². The Labute approximate surface area is 165 Å². The SMILES string of the molecule is Clc1cccc2cc(CNc3ncnc4c3N=CC4)c(-c3cnccn3)nc12. The quantitative estimate of drug-likeness (QED) is 0.569. The van der Waals surface area contributed by atoms with E-state index in [1.807, 2.05) is 24.4 Å². The van der Waals surface area contributed by atoms with E-state index in [1.54, 1.807) is 24.9 Å². The number of fused-ring (bicyclic) bond motifs is 2. The number of pyridine rings is 1. The summed E-state index contributed by atoms with van der Waals surface area (Å²) in [4.78, 5) is 26.4. The van der Waals surface area contributed by atoms with Gasteiger partial charge in [-0.15, -0.1) is 0 Å². The largest absolute Gasteiger partial charge is 0.364 e. The second kappa shape index (κ2) is 6.94. The summed E-state index contributed by atoms with van der Waals surface area (Å²) >= 11 is 6.36. The first-order chi connectivity index (χ1) is 13.8. The number of halogens is 1. The lowest BCUT2D eigenvalue weighted by Crippen LogP contribution is -2.06. The minimum atomic E-state index is 0.500. The average Bonchev–Trinajstić information content (AvgIpc) is 3.22. The molecule has 3 aromatic heterocycles. The van der Waals surface area contributed by atoms with Crippen LogP contribution in [0.4, 0.5) is 11.5 Å². The third kappa shape index (κ3) is 2.95. The van der Waals surface area contributed by atoms with Crippen LogP contribution in [0.5, 0.6) is 0 Å². The summed E-state index contributed by atoms with van der Waals surface area (Å²) in [6.07, 6.45) is 9.11. The molecule has 5 rings (SSSR count).